The summed E-state index contributed by atoms with van der Waals surface area (Å²) in [5.41, 5.74) is 0.654. The molecule has 2 saturated heterocycles. The zero-order valence-corrected chi connectivity index (χ0v) is 12.9. The fraction of sp³-hybridized carbons (Fsp3) is 0.429. The minimum absolute atomic E-state index is 0.0174. The number of amides is 2. The fourth-order valence-electron chi connectivity index (χ4n) is 3.03. The summed E-state index contributed by atoms with van der Waals surface area (Å²) in [6, 6.07) is 4.28. The van der Waals surface area contributed by atoms with Crippen LogP contribution in [0.2, 0.25) is 0 Å². The number of benzene rings is 1. The third kappa shape index (κ3) is 2.73. The van der Waals surface area contributed by atoms with Crippen molar-refractivity contribution in [3.8, 4) is 0 Å². The average molecular weight is 334 g/mol. The summed E-state index contributed by atoms with van der Waals surface area (Å²) < 4.78 is 6.39. The molecule has 2 aliphatic heterocycles. The van der Waals surface area contributed by atoms with Crippen molar-refractivity contribution in [3.63, 3.8) is 0 Å². The van der Waals surface area contributed by atoms with Crippen LogP contribution in [0.4, 0.5) is 15.6 Å². The molecule has 1 aromatic carbocycles. The number of aromatic nitrogens is 1. The van der Waals surface area contributed by atoms with E-state index < -0.39 is 4.92 Å². The summed E-state index contributed by atoms with van der Waals surface area (Å²) in [5.74, 6) is 0. The standard InChI is InChI=1S/C14H14N4O4S/c19-14(17-6-9-2-3-10(7-17)22-9)16-13-15-11-4-1-8(18(20)21)5-12(11)23-13/h1,4-5,9-10H,2-3,6-7H2,(H,15,16,19). The molecule has 0 saturated carbocycles. The molecule has 23 heavy (non-hydrogen) atoms. The fourth-order valence-corrected chi connectivity index (χ4v) is 3.92. The van der Waals surface area contributed by atoms with Crippen molar-refractivity contribution >= 4 is 38.4 Å². The van der Waals surface area contributed by atoms with Gasteiger partial charge >= 0.3 is 6.03 Å². The van der Waals surface area contributed by atoms with E-state index >= 15 is 0 Å². The van der Waals surface area contributed by atoms with Gasteiger partial charge in [-0.1, -0.05) is 11.3 Å². The summed E-state index contributed by atoms with van der Waals surface area (Å²) in [7, 11) is 0. The molecule has 1 N–H and O–H groups in total. The number of rotatable bonds is 2. The number of likely N-dealkylation sites (tertiary alicyclic amines) is 1. The van der Waals surface area contributed by atoms with Crippen LogP contribution in [0.5, 0.6) is 0 Å². The number of fused-ring (bicyclic) bond motifs is 3. The maximum Gasteiger partial charge on any atom is 0.323 e. The summed E-state index contributed by atoms with van der Waals surface area (Å²) in [4.78, 5) is 28.8. The van der Waals surface area contributed by atoms with Gasteiger partial charge in [-0.25, -0.2) is 9.78 Å². The number of thiazole rings is 1. The van der Waals surface area contributed by atoms with Crippen LogP contribution >= 0.6 is 11.3 Å². The smallest absolute Gasteiger partial charge is 0.323 e. The van der Waals surface area contributed by atoms with Crippen LogP contribution in [0.15, 0.2) is 18.2 Å². The lowest BCUT2D eigenvalue weighted by atomic mass is 10.2. The molecular weight excluding hydrogens is 320 g/mol. The summed E-state index contributed by atoms with van der Waals surface area (Å²) in [6.07, 6.45) is 2.27. The lowest BCUT2D eigenvalue weighted by Gasteiger charge is -2.31. The van der Waals surface area contributed by atoms with E-state index in [1.165, 1.54) is 23.5 Å². The molecule has 2 amide bonds. The van der Waals surface area contributed by atoms with Gasteiger partial charge in [0.15, 0.2) is 5.13 Å². The van der Waals surface area contributed by atoms with E-state index in [0.29, 0.717) is 28.4 Å². The number of non-ortho nitro benzene ring substituents is 1. The molecule has 0 radical (unpaired) electrons. The quantitative estimate of drug-likeness (QED) is 0.672. The molecule has 120 valence electrons. The topological polar surface area (TPSA) is 97.6 Å². The molecule has 1 aromatic heterocycles. The molecule has 4 rings (SSSR count). The Morgan fingerprint density at radius 3 is 2.83 bits per heavy atom. The van der Waals surface area contributed by atoms with Crippen LogP contribution < -0.4 is 5.32 Å². The average Bonchev–Trinajstić information content (AvgIpc) is 3.08. The third-order valence-electron chi connectivity index (χ3n) is 4.13. The van der Waals surface area contributed by atoms with Crippen molar-refractivity contribution < 1.29 is 14.5 Å². The number of carbonyl (C=O) groups excluding carboxylic acids is 1. The summed E-state index contributed by atoms with van der Waals surface area (Å²) in [5, 5.41) is 14.0. The van der Waals surface area contributed by atoms with Crippen molar-refractivity contribution in [1.82, 2.24) is 9.88 Å². The molecule has 2 aromatic rings. The first-order chi connectivity index (χ1) is 11.1. The second-order valence-electron chi connectivity index (χ2n) is 5.72. The molecule has 2 fully saturated rings. The number of urea groups is 1. The Hall–Kier alpha value is -2.26. The number of hydrogen-bond donors (Lipinski definition) is 1. The molecule has 0 aliphatic carbocycles. The lowest BCUT2D eigenvalue weighted by molar-refractivity contribution is -0.384. The number of morpholine rings is 1. The predicted molar refractivity (Wildman–Crippen MR) is 84.8 cm³/mol. The zero-order chi connectivity index (χ0) is 16.0. The highest BCUT2D eigenvalue weighted by molar-refractivity contribution is 7.22. The van der Waals surface area contributed by atoms with E-state index in [2.05, 4.69) is 10.3 Å². The third-order valence-corrected chi connectivity index (χ3v) is 5.06. The highest BCUT2D eigenvalue weighted by Gasteiger charge is 2.35. The maximum absolute atomic E-state index is 12.4. The minimum Gasteiger partial charge on any atom is -0.371 e. The van der Waals surface area contributed by atoms with Gasteiger partial charge in [0.2, 0.25) is 0 Å². The van der Waals surface area contributed by atoms with Crippen molar-refractivity contribution in [3.05, 3.63) is 28.3 Å². The van der Waals surface area contributed by atoms with E-state index in [0.717, 1.165) is 12.8 Å². The molecule has 2 atom stereocenters. The molecule has 0 spiro atoms. The second-order valence-corrected chi connectivity index (χ2v) is 6.75. The summed E-state index contributed by atoms with van der Waals surface area (Å²) >= 11 is 1.23. The first-order valence-corrected chi connectivity index (χ1v) is 8.16. The minimum atomic E-state index is -0.444. The number of nitrogens with zero attached hydrogens (tertiary/aromatic N) is 3. The molecule has 2 bridgehead atoms. The van der Waals surface area contributed by atoms with Crippen molar-refractivity contribution in [2.75, 3.05) is 18.4 Å². The first-order valence-electron chi connectivity index (χ1n) is 7.35. The molecular formula is C14H14N4O4S. The largest absolute Gasteiger partial charge is 0.371 e. The Labute approximate surface area is 135 Å². The monoisotopic (exact) mass is 334 g/mol. The lowest BCUT2D eigenvalue weighted by Crippen LogP contribution is -2.47. The van der Waals surface area contributed by atoms with Gasteiger partial charge in [-0.3, -0.25) is 15.4 Å². The van der Waals surface area contributed by atoms with Gasteiger partial charge in [-0.2, -0.15) is 0 Å². The van der Waals surface area contributed by atoms with Crippen LogP contribution in [0, 0.1) is 10.1 Å². The number of nitro groups is 1. The molecule has 2 aliphatic rings. The van der Waals surface area contributed by atoms with Gasteiger partial charge in [0.25, 0.3) is 5.69 Å². The van der Waals surface area contributed by atoms with Gasteiger partial charge < -0.3 is 9.64 Å². The highest BCUT2D eigenvalue weighted by atomic mass is 32.1. The normalized spacial score (nSPS) is 23.2. The number of ether oxygens (including phenoxy) is 1. The van der Waals surface area contributed by atoms with Gasteiger partial charge in [-0.15, -0.1) is 0 Å². The van der Waals surface area contributed by atoms with Crippen molar-refractivity contribution in [2.24, 2.45) is 0 Å². The zero-order valence-electron chi connectivity index (χ0n) is 12.1. The van der Waals surface area contributed by atoms with E-state index in [4.69, 9.17) is 4.74 Å². The van der Waals surface area contributed by atoms with Crippen LogP contribution in [0.25, 0.3) is 10.2 Å². The molecule has 8 nitrogen and oxygen atoms in total. The summed E-state index contributed by atoms with van der Waals surface area (Å²) in [6.45, 7) is 1.19. The van der Waals surface area contributed by atoms with Gasteiger partial charge in [0.1, 0.15) is 0 Å². The number of anilines is 1. The molecule has 9 heteroatoms. The van der Waals surface area contributed by atoms with Crippen molar-refractivity contribution in [1.29, 1.82) is 0 Å². The van der Waals surface area contributed by atoms with Gasteiger partial charge in [0.05, 0.1) is 27.3 Å². The first kappa shape index (κ1) is 14.3. The van der Waals surface area contributed by atoms with Crippen LogP contribution in [0.1, 0.15) is 12.8 Å². The van der Waals surface area contributed by atoms with E-state index in [1.54, 1.807) is 11.0 Å². The van der Waals surface area contributed by atoms with Crippen LogP contribution in [-0.4, -0.2) is 46.1 Å². The molecule has 3 heterocycles. The predicted octanol–water partition coefficient (Wildman–Crippen LogP) is 2.60. The van der Waals surface area contributed by atoms with E-state index in [1.807, 2.05) is 0 Å². The SMILES string of the molecule is O=C(Nc1nc2ccc([N+](=O)[O-])cc2s1)N1CC2CCC(C1)O2. The maximum atomic E-state index is 12.4. The number of nitro benzene ring substituents is 1. The van der Waals surface area contributed by atoms with E-state index in [-0.39, 0.29) is 23.9 Å². The van der Waals surface area contributed by atoms with Gasteiger partial charge in [-0.05, 0) is 18.9 Å². The van der Waals surface area contributed by atoms with Crippen molar-refractivity contribution in [2.45, 2.75) is 25.0 Å². The Morgan fingerprint density at radius 2 is 2.13 bits per heavy atom. The second kappa shape index (κ2) is 5.43. The number of carbonyl (C=O) groups is 1. The Kier molecular flexibility index (Phi) is 3.38. The van der Waals surface area contributed by atoms with E-state index in [9.17, 15) is 14.9 Å². The molecule has 2 unspecified atom stereocenters. The Bertz CT molecular complexity index is 780. The highest BCUT2D eigenvalue weighted by Crippen LogP contribution is 2.30. The Morgan fingerprint density at radius 1 is 1.39 bits per heavy atom. The van der Waals surface area contributed by atoms with Crippen LogP contribution in [-0.2, 0) is 4.74 Å². The van der Waals surface area contributed by atoms with Gasteiger partial charge in [0, 0.05) is 25.2 Å². The number of hydrogen-bond acceptors (Lipinski definition) is 6. The number of nitrogens with one attached hydrogen (secondary N) is 1. The Balaban J connectivity index is 1.51. The van der Waals surface area contributed by atoms with Crippen LogP contribution in [0.3, 0.4) is 0 Å².